The minimum absolute atomic E-state index is 0.0262. The van der Waals surface area contributed by atoms with E-state index in [1.54, 1.807) is 0 Å². The zero-order valence-corrected chi connectivity index (χ0v) is 18.3. The van der Waals surface area contributed by atoms with Crippen molar-refractivity contribution in [3.8, 4) is 0 Å². The summed E-state index contributed by atoms with van der Waals surface area (Å²) in [5.41, 5.74) is 2.39. The van der Waals surface area contributed by atoms with Crippen molar-refractivity contribution in [3.63, 3.8) is 0 Å². The van der Waals surface area contributed by atoms with Crippen LogP contribution in [-0.2, 0) is 25.8 Å². The van der Waals surface area contributed by atoms with E-state index in [1.807, 2.05) is 42.5 Å². The second-order valence-electron chi connectivity index (χ2n) is 8.79. The fraction of sp³-hybridized carbons (Fsp3) is 0.458. The van der Waals surface area contributed by atoms with E-state index in [0.717, 1.165) is 49.2 Å². The van der Waals surface area contributed by atoms with Gasteiger partial charge in [-0.2, -0.15) is 0 Å². The number of nitrogens with one attached hydrogen (secondary N) is 1. The van der Waals surface area contributed by atoms with Gasteiger partial charge in [0.2, 0.25) is 5.91 Å². The van der Waals surface area contributed by atoms with Gasteiger partial charge in [0.25, 0.3) is 0 Å². The first-order valence-corrected chi connectivity index (χ1v) is 12.8. The van der Waals surface area contributed by atoms with E-state index < -0.39 is 15.3 Å². The highest BCUT2D eigenvalue weighted by Crippen LogP contribution is 2.48. The van der Waals surface area contributed by atoms with Gasteiger partial charge in [-0.3, -0.25) is 4.79 Å². The molecule has 0 bridgehead atoms. The lowest BCUT2D eigenvalue weighted by Crippen LogP contribution is -2.41. The summed E-state index contributed by atoms with van der Waals surface area (Å²) in [6.07, 6.45) is 5.34. The van der Waals surface area contributed by atoms with Crippen LogP contribution in [0, 0.1) is 0 Å². The van der Waals surface area contributed by atoms with E-state index in [1.165, 1.54) is 19.1 Å². The minimum Gasteiger partial charge on any atom is -0.347 e. The van der Waals surface area contributed by atoms with Gasteiger partial charge in [-0.1, -0.05) is 54.6 Å². The Morgan fingerprint density at radius 3 is 2.23 bits per heavy atom. The minimum atomic E-state index is -3.07. The summed E-state index contributed by atoms with van der Waals surface area (Å²) >= 11 is 0. The highest BCUT2D eigenvalue weighted by molar-refractivity contribution is 7.89. The van der Waals surface area contributed by atoms with E-state index in [-0.39, 0.29) is 17.7 Å². The number of carbonyl (C=O) groups excluding carboxylic acids is 1. The molecular weight excluding hydrogens is 396 g/mol. The Balaban J connectivity index is 1.50. The Hall–Kier alpha value is -2.18. The van der Waals surface area contributed by atoms with Crippen LogP contribution in [0.2, 0.25) is 0 Å². The van der Waals surface area contributed by atoms with E-state index >= 15 is 0 Å². The molecule has 1 aliphatic heterocycles. The first-order valence-electron chi connectivity index (χ1n) is 10.7. The molecule has 1 heterocycles. The van der Waals surface area contributed by atoms with Crippen LogP contribution in [0.25, 0.3) is 0 Å². The molecule has 5 nitrogen and oxygen atoms in total. The van der Waals surface area contributed by atoms with Gasteiger partial charge in [0, 0.05) is 12.8 Å². The standard InChI is InChI=1S/C24H30N2O3S/c1-30(28,29)18-19-9-11-21(12-10-19)24(13-14-24)23(27)25-22(17-26-15-5-6-16-26)20-7-3-2-4-8-20/h2-4,7-12,22H,5-6,13-18H2,1H3,(H,25,27)/t22-/m1/s1. The molecule has 1 amide bonds. The van der Waals surface area contributed by atoms with Gasteiger partial charge in [-0.25, -0.2) is 8.42 Å². The fourth-order valence-corrected chi connectivity index (χ4v) is 5.23. The van der Waals surface area contributed by atoms with Crippen LogP contribution >= 0.6 is 0 Å². The fourth-order valence-electron chi connectivity index (χ4n) is 4.43. The van der Waals surface area contributed by atoms with Crippen molar-refractivity contribution in [3.05, 3.63) is 71.3 Å². The molecule has 30 heavy (non-hydrogen) atoms. The number of benzene rings is 2. The molecule has 1 N–H and O–H groups in total. The van der Waals surface area contributed by atoms with Gasteiger partial charge in [0.1, 0.15) is 0 Å². The Morgan fingerprint density at radius 2 is 1.67 bits per heavy atom. The number of amides is 1. The number of rotatable bonds is 8. The van der Waals surface area contributed by atoms with Gasteiger partial charge in [-0.05, 0) is 55.5 Å². The number of carbonyl (C=O) groups is 1. The Labute approximate surface area is 179 Å². The summed E-state index contributed by atoms with van der Waals surface area (Å²) in [6, 6.07) is 17.7. The highest BCUT2D eigenvalue weighted by atomic mass is 32.2. The molecule has 0 unspecified atom stereocenters. The van der Waals surface area contributed by atoms with Gasteiger partial charge in [-0.15, -0.1) is 0 Å². The number of sulfone groups is 1. The first-order chi connectivity index (χ1) is 14.4. The number of hydrogen-bond donors (Lipinski definition) is 1. The van der Waals surface area contributed by atoms with Crippen molar-refractivity contribution >= 4 is 15.7 Å². The molecular formula is C24H30N2O3S. The summed E-state index contributed by atoms with van der Waals surface area (Å²) in [7, 11) is -3.07. The van der Waals surface area contributed by atoms with E-state index in [9.17, 15) is 13.2 Å². The average molecular weight is 427 g/mol. The topological polar surface area (TPSA) is 66.5 Å². The smallest absolute Gasteiger partial charge is 0.231 e. The lowest BCUT2D eigenvalue weighted by Gasteiger charge is -2.27. The van der Waals surface area contributed by atoms with Crippen molar-refractivity contribution in [1.82, 2.24) is 10.2 Å². The summed E-state index contributed by atoms with van der Waals surface area (Å²) in [6.45, 7) is 3.01. The van der Waals surface area contributed by atoms with Crippen molar-refractivity contribution < 1.29 is 13.2 Å². The Bertz CT molecular complexity index is 977. The van der Waals surface area contributed by atoms with Crippen molar-refractivity contribution in [2.45, 2.75) is 42.9 Å². The van der Waals surface area contributed by atoms with E-state index in [2.05, 4.69) is 22.3 Å². The second kappa shape index (κ2) is 8.52. The number of likely N-dealkylation sites (tertiary alicyclic amines) is 1. The Kier molecular flexibility index (Phi) is 5.98. The predicted octanol–water partition coefficient (Wildman–Crippen LogP) is 3.22. The second-order valence-corrected chi connectivity index (χ2v) is 10.9. The lowest BCUT2D eigenvalue weighted by atomic mass is 9.93. The number of nitrogens with zero attached hydrogens (tertiary/aromatic N) is 1. The third-order valence-corrected chi connectivity index (χ3v) is 7.12. The maximum atomic E-state index is 13.4. The lowest BCUT2D eigenvalue weighted by molar-refractivity contribution is -0.124. The highest BCUT2D eigenvalue weighted by Gasteiger charge is 2.51. The molecule has 2 fully saturated rings. The van der Waals surface area contributed by atoms with Crippen LogP contribution in [-0.4, -0.2) is 45.1 Å². The molecule has 4 rings (SSSR count). The zero-order chi connectivity index (χ0) is 21.2. The van der Waals surface area contributed by atoms with Crippen LogP contribution in [0.5, 0.6) is 0 Å². The predicted molar refractivity (Wildman–Crippen MR) is 119 cm³/mol. The van der Waals surface area contributed by atoms with Crippen molar-refractivity contribution in [1.29, 1.82) is 0 Å². The third-order valence-electron chi connectivity index (χ3n) is 6.27. The maximum absolute atomic E-state index is 13.4. The third kappa shape index (κ3) is 4.93. The summed E-state index contributed by atoms with van der Waals surface area (Å²) in [4.78, 5) is 15.8. The maximum Gasteiger partial charge on any atom is 0.231 e. The monoisotopic (exact) mass is 426 g/mol. The van der Waals surface area contributed by atoms with Crippen LogP contribution in [0.1, 0.15) is 48.4 Å². The molecule has 1 aliphatic carbocycles. The first kappa shape index (κ1) is 21.1. The quantitative estimate of drug-likeness (QED) is 0.704. The number of hydrogen-bond acceptors (Lipinski definition) is 4. The molecule has 1 atom stereocenters. The molecule has 160 valence electrons. The van der Waals surface area contributed by atoms with E-state index in [4.69, 9.17) is 0 Å². The van der Waals surface area contributed by atoms with Crippen LogP contribution in [0.4, 0.5) is 0 Å². The SMILES string of the molecule is CS(=O)(=O)Cc1ccc(C2(C(=O)N[C@H](CN3CCCC3)c3ccccc3)CC2)cc1. The van der Waals surface area contributed by atoms with Gasteiger partial charge in [0.15, 0.2) is 9.84 Å². The Morgan fingerprint density at radius 1 is 1.03 bits per heavy atom. The molecule has 0 aromatic heterocycles. The zero-order valence-electron chi connectivity index (χ0n) is 17.5. The summed E-state index contributed by atoms with van der Waals surface area (Å²) in [5, 5.41) is 3.34. The molecule has 1 saturated carbocycles. The molecule has 2 aromatic carbocycles. The van der Waals surface area contributed by atoms with Crippen LogP contribution in [0.3, 0.4) is 0 Å². The average Bonchev–Trinajstić information content (AvgIpc) is 3.37. The molecule has 2 aromatic rings. The molecule has 2 aliphatic rings. The van der Waals surface area contributed by atoms with Crippen molar-refractivity contribution in [2.75, 3.05) is 25.9 Å². The summed E-state index contributed by atoms with van der Waals surface area (Å²) < 4.78 is 23.1. The normalized spacial score (nSPS) is 19.4. The van der Waals surface area contributed by atoms with E-state index in [0.29, 0.717) is 0 Å². The summed E-state index contributed by atoms with van der Waals surface area (Å²) in [5.74, 6) is 0.102. The van der Waals surface area contributed by atoms with Gasteiger partial charge >= 0.3 is 0 Å². The molecule has 6 heteroatoms. The van der Waals surface area contributed by atoms with Gasteiger partial charge < -0.3 is 10.2 Å². The van der Waals surface area contributed by atoms with Gasteiger partial charge in [0.05, 0.1) is 17.2 Å². The largest absolute Gasteiger partial charge is 0.347 e. The molecule has 0 radical (unpaired) electrons. The van der Waals surface area contributed by atoms with Crippen LogP contribution < -0.4 is 5.32 Å². The van der Waals surface area contributed by atoms with Crippen molar-refractivity contribution in [2.24, 2.45) is 0 Å². The van der Waals surface area contributed by atoms with Crippen LogP contribution in [0.15, 0.2) is 54.6 Å². The molecule has 0 spiro atoms. The molecule has 1 saturated heterocycles.